The van der Waals surface area contributed by atoms with Crippen LogP contribution in [0.25, 0.3) is 0 Å². The third kappa shape index (κ3) is 1.62. The summed E-state index contributed by atoms with van der Waals surface area (Å²) in [6, 6.07) is 0. The van der Waals surface area contributed by atoms with Crippen molar-refractivity contribution in [1.29, 1.82) is 0 Å². The first-order valence-corrected chi connectivity index (χ1v) is 6.07. The lowest BCUT2D eigenvalue weighted by molar-refractivity contribution is 0.490. The highest BCUT2D eigenvalue weighted by molar-refractivity contribution is 14.1. The van der Waals surface area contributed by atoms with Crippen molar-refractivity contribution in [2.75, 3.05) is 0 Å². The molecule has 1 aliphatic rings. The number of pyridine rings is 1. The van der Waals surface area contributed by atoms with Crippen LogP contribution in [0.15, 0.2) is 4.79 Å². The molecule has 0 fully saturated rings. The minimum absolute atomic E-state index is 0.253. The standard InChI is InChI=1S/C11H14INO/c1-6-3-4-9-8(5-6)11(14)10(12)7(2)13-9/h6H,3-5H2,1-2H3,(H,13,14). The number of fused-ring (bicyclic) bond motifs is 1. The third-order valence-corrected chi connectivity index (χ3v) is 4.24. The largest absolute Gasteiger partial charge is 0.361 e. The van der Waals surface area contributed by atoms with Crippen molar-refractivity contribution in [3.63, 3.8) is 0 Å². The van der Waals surface area contributed by atoms with Gasteiger partial charge in [-0.2, -0.15) is 0 Å². The van der Waals surface area contributed by atoms with Crippen molar-refractivity contribution in [2.24, 2.45) is 5.92 Å². The maximum absolute atomic E-state index is 12.0. The van der Waals surface area contributed by atoms with Crippen molar-refractivity contribution in [3.05, 3.63) is 30.7 Å². The predicted molar refractivity (Wildman–Crippen MR) is 65.7 cm³/mol. The van der Waals surface area contributed by atoms with Gasteiger partial charge in [-0.1, -0.05) is 6.92 Å². The second kappa shape index (κ2) is 3.68. The lowest BCUT2D eigenvalue weighted by Gasteiger charge is -2.21. The molecule has 0 radical (unpaired) electrons. The van der Waals surface area contributed by atoms with Gasteiger partial charge in [0.2, 0.25) is 0 Å². The lowest BCUT2D eigenvalue weighted by Crippen LogP contribution is -2.25. The van der Waals surface area contributed by atoms with Crippen LogP contribution in [-0.4, -0.2) is 4.98 Å². The van der Waals surface area contributed by atoms with E-state index in [2.05, 4.69) is 34.5 Å². The molecule has 1 aromatic heterocycles. The molecule has 1 aromatic rings. The van der Waals surface area contributed by atoms with Crippen LogP contribution in [0.3, 0.4) is 0 Å². The van der Waals surface area contributed by atoms with E-state index in [1.807, 2.05) is 6.92 Å². The van der Waals surface area contributed by atoms with E-state index >= 15 is 0 Å². The summed E-state index contributed by atoms with van der Waals surface area (Å²) < 4.78 is 0.857. The average molecular weight is 303 g/mol. The normalized spacial score (nSPS) is 20.6. The van der Waals surface area contributed by atoms with E-state index in [0.29, 0.717) is 5.92 Å². The summed E-state index contributed by atoms with van der Waals surface area (Å²) in [6.45, 7) is 4.19. The Balaban J connectivity index is 2.61. The highest BCUT2D eigenvalue weighted by Gasteiger charge is 2.20. The molecule has 0 spiro atoms. The molecule has 3 heteroatoms. The van der Waals surface area contributed by atoms with Gasteiger partial charge in [-0.3, -0.25) is 4.79 Å². The SMILES string of the molecule is Cc1[nH]c2c(c(=O)c1I)CC(C)CC2. The Kier molecular flexibility index (Phi) is 2.68. The van der Waals surface area contributed by atoms with Crippen LogP contribution in [0.5, 0.6) is 0 Å². The number of H-pyrrole nitrogens is 1. The van der Waals surface area contributed by atoms with E-state index < -0.39 is 0 Å². The van der Waals surface area contributed by atoms with E-state index in [1.54, 1.807) is 0 Å². The van der Waals surface area contributed by atoms with Crippen LogP contribution in [0, 0.1) is 16.4 Å². The van der Waals surface area contributed by atoms with Crippen molar-refractivity contribution < 1.29 is 0 Å². The predicted octanol–water partition coefficient (Wildman–Crippen LogP) is 2.41. The Bertz CT molecular complexity index is 422. The van der Waals surface area contributed by atoms with Crippen molar-refractivity contribution in [2.45, 2.75) is 33.1 Å². The Morgan fingerprint density at radius 2 is 2.21 bits per heavy atom. The van der Waals surface area contributed by atoms with Crippen molar-refractivity contribution >= 4 is 22.6 Å². The molecule has 0 bridgehead atoms. The first-order valence-electron chi connectivity index (χ1n) is 4.99. The molecule has 0 amide bonds. The second-order valence-electron chi connectivity index (χ2n) is 4.20. The molecule has 1 unspecified atom stereocenters. The van der Waals surface area contributed by atoms with Crippen LogP contribution in [-0.2, 0) is 12.8 Å². The zero-order valence-electron chi connectivity index (χ0n) is 8.48. The van der Waals surface area contributed by atoms with Crippen LogP contribution < -0.4 is 5.43 Å². The third-order valence-electron chi connectivity index (χ3n) is 2.95. The van der Waals surface area contributed by atoms with E-state index in [9.17, 15) is 4.79 Å². The summed E-state index contributed by atoms with van der Waals surface area (Å²) >= 11 is 2.14. The lowest BCUT2D eigenvalue weighted by atomic mass is 9.87. The zero-order chi connectivity index (χ0) is 10.3. The molecule has 0 aliphatic heterocycles. The quantitative estimate of drug-likeness (QED) is 0.734. The Morgan fingerprint density at radius 3 is 2.93 bits per heavy atom. The summed E-state index contributed by atoms with van der Waals surface area (Å²) in [5.41, 5.74) is 3.47. The van der Waals surface area contributed by atoms with Crippen molar-refractivity contribution in [3.8, 4) is 0 Å². The molecule has 1 atom stereocenters. The van der Waals surface area contributed by atoms with E-state index in [1.165, 1.54) is 12.1 Å². The Labute approximate surface area is 97.3 Å². The fourth-order valence-corrected chi connectivity index (χ4v) is 2.53. The summed E-state index contributed by atoms with van der Waals surface area (Å²) in [4.78, 5) is 15.3. The molecule has 2 rings (SSSR count). The van der Waals surface area contributed by atoms with E-state index in [-0.39, 0.29) is 5.43 Å². The molecular weight excluding hydrogens is 289 g/mol. The number of nitrogens with one attached hydrogen (secondary N) is 1. The van der Waals surface area contributed by atoms with E-state index in [4.69, 9.17) is 0 Å². The number of hydrogen-bond donors (Lipinski definition) is 1. The molecule has 0 aromatic carbocycles. The minimum atomic E-state index is 0.253. The van der Waals surface area contributed by atoms with Gasteiger partial charge in [0.1, 0.15) is 0 Å². The molecule has 14 heavy (non-hydrogen) atoms. The summed E-state index contributed by atoms with van der Waals surface area (Å²) in [5, 5.41) is 0. The summed E-state index contributed by atoms with van der Waals surface area (Å²) in [7, 11) is 0. The first-order chi connectivity index (χ1) is 6.59. The van der Waals surface area contributed by atoms with Gasteiger partial charge in [0, 0.05) is 17.0 Å². The molecule has 0 saturated carbocycles. The van der Waals surface area contributed by atoms with Gasteiger partial charge in [0.25, 0.3) is 0 Å². The smallest absolute Gasteiger partial charge is 0.198 e. The van der Waals surface area contributed by atoms with Gasteiger partial charge in [-0.15, -0.1) is 0 Å². The highest BCUT2D eigenvalue weighted by atomic mass is 127. The first kappa shape index (κ1) is 10.2. The number of aryl methyl sites for hydroxylation is 2. The highest BCUT2D eigenvalue weighted by Crippen LogP contribution is 2.22. The monoisotopic (exact) mass is 303 g/mol. The maximum Gasteiger partial charge on any atom is 0.198 e. The molecule has 1 heterocycles. The topological polar surface area (TPSA) is 32.9 Å². The van der Waals surface area contributed by atoms with Gasteiger partial charge in [-0.25, -0.2) is 0 Å². The van der Waals surface area contributed by atoms with Gasteiger partial charge in [0.05, 0.1) is 3.57 Å². The molecule has 2 nitrogen and oxygen atoms in total. The fourth-order valence-electron chi connectivity index (χ4n) is 2.07. The van der Waals surface area contributed by atoms with E-state index in [0.717, 1.165) is 27.7 Å². The Morgan fingerprint density at radius 1 is 1.50 bits per heavy atom. The van der Waals surface area contributed by atoms with Gasteiger partial charge in [-0.05, 0) is 54.7 Å². The molecular formula is C11H14INO. The summed E-state index contributed by atoms with van der Waals surface area (Å²) in [6.07, 6.45) is 3.17. The van der Waals surface area contributed by atoms with Crippen LogP contribution in [0.4, 0.5) is 0 Å². The molecule has 0 saturated heterocycles. The number of hydrogen-bond acceptors (Lipinski definition) is 1. The van der Waals surface area contributed by atoms with Gasteiger partial charge in [0.15, 0.2) is 5.43 Å². The zero-order valence-corrected chi connectivity index (χ0v) is 10.6. The Hall–Kier alpha value is -0.320. The summed E-state index contributed by atoms with van der Waals surface area (Å²) in [5.74, 6) is 0.655. The van der Waals surface area contributed by atoms with Crippen LogP contribution in [0.1, 0.15) is 30.3 Å². The van der Waals surface area contributed by atoms with Crippen LogP contribution in [0.2, 0.25) is 0 Å². The maximum atomic E-state index is 12.0. The van der Waals surface area contributed by atoms with Gasteiger partial charge >= 0.3 is 0 Å². The molecule has 1 aliphatic carbocycles. The van der Waals surface area contributed by atoms with Crippen molar-refractivity contribution in [1.82, 2.24) is 4.98 Å². The second-order valence-corrected chi connectivity index (χ2v) is 5.28. The number of aromatic nitrogens is 1. The fraction of sp³-hybridized carbons (Fsp3) is 0.545. The minimum Gasteiger partial charge on any atom is -0.361 e. The van der Waals surface area contributed by atoms with Gasteiger partial charge < -0.3 is 4.98 Å². The molecule has 76 valence electrons. The number of halogens is 1. The van der Waals surface area contributed by atoms with Crippen LogP contribution >= 0.6 is 22.6 Å². The average Bonchev–Trinajstić information content (AvgIpc) is 2.16. The number of rotatable bonds is 0. The number of aromatic amines is 1. The molecule has 1 N–H and O–H groups in total.